The largest absolute Gasteiger partial charge is 0.373 e. The summed E-state index contributed by atoms with van der Waals surface area (Å²) in [5.74, 6) is 3.56. The molecule has 5 heteroatoms. The van der Waals surface area contributed by atoms with Crippen molar-refractivity contribution >= 4 is 11.6 Å². The molecule has 1 saturated carbocycles. The van der Waals surface area contributed by atoms with Gasteiger partial charge in [-0.25, -0.2) is 9.97 Å². The number of aromatic nitrogens is 2. The summed E-state index contributed by atoms with van der Waals surface area (Å²) in [6, 6.07) is 0. The lowest BCUT2D eigenvalue weighted by Crippen LogP contribution is -2.26. The maximum Gasteiger partial charge on any atom is 0.136 e. The van der Waals surface area contributed by atoms with Crippen molar-refractivity contribution in [2.45, 2.75) is 38.5 Å². The van der Waals surface area contributed by atoms with Crippen LogP contribution in [0, 0.1) is 6.92 Å². The van der Waals surface area contributed by atoms with Crippen molar-refractivity contribution in [3.8, 4) is 0 Å². The van der Waals surface area contributed by atoms with E-state index in [9.17, 15) is 0 Å². The Bertz CT molecular complexity index is 464. The van der Waals surface area contributed by atoms with E-state index in [2.05, 4.69) is 27.4 Å². The molecular formula is C15H25N5. The van der Waals surface area contributed by atoms with Crippen molar-refractivity contribution in [1.82, 2.24) is 14.9 Å². The summed E-state index contributed by atoms with van der Waals surface area (Å²) in [6.45, 7) is 6.65. The van der Waals surface area contributed by atoms with Crippen LogP contribution in [-0.4, -0.2) is 48.1 Å². The first-order chi connectivity index (χ1) is 9.78. The first kappa shape index (κ1) is 13.6. The standard InChI is InChI=1S/C15H25N5/c1-11-13(16-2)18-15(12-5-6-12)19-14(11)17-7-10-20-8-3-4-9-20/h12H,3-10H2,1-2H3,(H2,16,17,18,19). The van der Waals surface area contributed by atoms with E-state index >= 15 is 0 Å². The molecule has 2 fully saturated rings. The summed E-state index contributed by atoms with van der Waals surface area (Å²) in [5, 5.41) is 6.69. The normalized spacial score (nSPS) is 19.3. The molecule has 0 spiro atoms. The fraction of sp³-hybridized carbons (Fsp3) is 0.733. The second-order valence-corrected chi connectivity index (χ2v) is 5.90. The fourth-order valence-electron chi connectivity index (χ4n) is 2.81. The number of hydrogen-bond donors (Lipinski definition) is 2. The lowest BCUT2D eigenvalue weighted by atomic mass is 10.2. The van der Waals surface area contributed by atoms with Crippen molar-refractivity contribution in [3.05, 3.63) is 11.4 Å². The van der Waals surface area contributed by atoms with Crippen LogP contribution in [0.3, 0.4) is 0 Å². The Balaban J connectivity index is 1.65. The summed E-state index contributed by atoms with van der Waals surface area (Å²) in [6.07, 6.45) is 5.17. The van der Waals surface area contributed by atoms with Crippen LogP contribution >= 0.6 is 0 Å². The van der Waals surface area contributed by atoms with Crippen LogP contribution in [0.25, 0.3) is 0 Å². The second-order valence-electron chi connectivity index (χ2n) is 5.90. The quantitative estimate of drug-likeness (QED) is 0.833. The van der Waals surface area contributed by atoms with E-state index in [0.29, 0.717) is 5.92 Å². The van der Waals surface area contributed by atoms with Gasteiger partial charge < -0.3 is 15.5 Å². The number of hydrogen-bond acceptors (Lipinski definition) is 5. The number of nitrogens with one attached hydrogen (secondary N) is 2. The molecule has 1 saturated heterocycles. The number of rotatable bonds is 6. The van der Waals surface area contributed by atoms with Gasteiger partial charge in [0.25, 0.3) is 0 Å². The molecule has 2 N–H and O–H groups in total. The van der Waals surface area contributed by atoms with Crippen molar-refractivity contribution in [1.29, 1.82) is 0 Å². The van der Waals surface area contributed by atoms with E-state index < -0.39 is 0 Å². The molecule has 0 amide bonds. The van der Waals surface area contributed by atoms with Gasteiger partial charge in [0.1, 0.15) is 17.5 Å². The summed E-state index contributed by atoms with van der Waals surface area (Å²) in [4.78, 5) is 11.9. The van der Waals surface area contributed by atoms with Gasteiger partial charge in [0.15, 0.2) is 0 Å². The fourth-order valence-corrected chi connectivity index (χ4v) is 2.81. The minimum absolute atomic E-state index is 0.585. The van der Waals surface area contributed by atoms with Crippen molar-refractivity contribution in [2.75, 3.05) is 43.9 Å². The van der Waals surface area contributed by atoms with Gasteiger partial charge in [-0.3, -0.25) is 0 Å². The zero-order valence-electron chi connectivity index (χ0n) is 12.6. The molecule has 0 atom stereocenters. The minimum atomic E-state index is 0.585. The molecule has 2 heterocycles. The molecule has 1 aromatic heterocycles. The zero-order chi connectivity index (χ0) is 13.9. The van der Waals surface area contributed by atoms with Gasteiger partial charge in [-0.15, -0.1) is 0 Å². The van der Waals surface area contributed by atoms with Gasteiger partial charge >= 0.3 is 0 Å². The van der Waals surface area contributed by atoms with Gasteiger partial charge in [0, 0.05) is 31.6 Å². The highest BCUT2D eigenvalue weighted by molar-refractivity contribution is 5.57. The van der Waals surface area contributed by atoms with Crippen LogP contribution in [0.4, 0.5) is 11.6 Å². The number of likely N-dealkylation sites (tertiary alicyclic amines) is 1. The third-order valence-electron chi connectivity index (χ3n) is 4.26. The monoisotopic (exact) mass is 275 g/mol. The van der Waals surface area contributed by atoms with Crippen LogP contribution < -0.4 is 10.6 Å². The molecule has 20 heavy (non-hydrogen) atoms. The van der Waals surface area contributed by atoms with E-state index in [1.807, 2.05) is 7.05 Å². The third-order valence-corrected chi connectivity index (χ3v) is 4.26. The van der Waals surface area contributed by atoms with E-state index in [1.54, 1.807) is 0 Å². The molecular weight excluding hydrogens is 250 g/mol. The maximum atomic E-state index is 4.73. The Labute approximate surface area is 121 Å². The van der Waals surface area contributed by atoms with Gasteiger partial charge in [-0.05, 0) is 45.7 Å². The summed E-state index contributed by atoms with van der Waals surface area (Å²) in [5.41, 5.74) is 1.12. The first-order valence-corrected chi connectivity index (χ1v) is 7.80. The Hall–Kier alpha value is -1.36. The number of nitrogens with zero attached hydrogens (tertiary/aromatic N) is 3. The molecule has 0 unspecified atom stereocenters. The predicted octanol–water partition coefficient (Wildman–Crippen LogP) is 2.21. The second kappa shape index (κ2) is 5.95. The van der Waals surface area contributed by atoms with Crippen molar-refractivity contribution in [2.24, 2.45) is 0 Å². The highest BCUT2D eigenvalue weighted by Gasteiger charge is 2.28. The van der Waals surface area contributed by atoms with Crippen molar-refractivity contribution < 1.29 is 0 Å². The summed E-state index contributed by atoms with van der Waals surface area (Å²) < 4.78 is 0. The zero-order valence-corrected chi connectivity index (χ0v) is 12.6. The molecule has 1 aromatic rings. The maximum absolute atomic E-state index is 4.73. The minimum Gasteiger partial charge on any atom is -0.373 e. The summed E-state index contributed by atoms with van der Waals surface area (Å²) in [7, 11) is 1.93. The Kier molecular flexibility index (Phi) is 4.05. The van der Waals surface area contributed by atoms with Crippen LogP contribution in [0.5, 0.6) is 0 Å². The summed E-state index contributed by atoms with van der Waals surface area (Å²) >= 11 is 0. The molecule has 0 radical (unpaired) electrons. The van der Waals surface area contributed by atoms with Crippen LogP contribution in [0.15, 0.2) is 0 Å². The average molecular weight is 275 g/mol. The van der Waals surface area contributed by atoms with Gasteiger partial charge in [-0.2, -0.15) is 0 Å². The van der Waals surface area contributed by atoms with E-state index in [0.717, 1.165) is 36.1 Å². The highest BCUT2D eigenvalue weighted by Crippen LogP contribution is 2.39. The lowest BCUT2D eigenvalue weighted by molar-refractivity contribution is 0.352. The predicted molar refractivity (Wildman–Crippen MR) is 82.5 cm³/mol. The van der Waals surface area contributed by atoms with Gasteiger partial charge in [-0.1, -0.05) is 0 Å². The average Bonchev–Trinajstić information content (AvgIpc) is 3.18. The molecule has 1 aliphatic carbocycles. The molecule has 2 aliphatic rings. The van der Waals surface area contributed by atoms with Crippen LogP contribution in [0.2, 0.25) is 0 Å². The smallest absolute Gasteiger partial charge is 0.136 e. The van der Waals surface area contributed by atoms with E-state index in [4.69, 9.17) is 4.98 Å². The molecule has 1 aliphatic heterocycles. The Morgan fingerprint density at radius 2 is 1.85 bits per heavy atom. The molecule has 5 nitrogen and oxygen atoms in total. The molecule has 0 bridgehead atoms. The molecule has 110 valence electrons. The molecule has 0 aromatic carbocycles. The first-order valence-electron chi connectivity index (χ1n) is 7.80. The Morgan fingerprint density at radius 1 is 1.15 bits per heavy atom. The van der Waals surface area contributed by atoms with Gasteiger partial charge in [0.2, 0.25) is 0 Å². The van der Waals surface area contributed by atoms with Crippen LogP contribution in [-0.2, 0) is 0 Å². The highest BCUT2D eigenvalue weighted by atomic mass is 15.2. The lowest BCUT2D eigenvalue weighted by Gasteiger charge is -2.17. The van der Waals surface area contributed by atoms with Crippen LogP contribution in [0.1, 0.15) is 43.0 Å². The van der Waals surface area contributed by atoms with Gasteiger partial charge in [0.05, 0.1) is 0 Å². The van der Waals surface area contributed by atoms with E-state index in [-0.39, 0.29) is 0 Å². The SMILES string of the molecule is CNc1nc(C2CC2)nc(NCCN2CCCC2)c1C. The third kappa shape index (κ3) is 3.03. The topological polar surface area (TPSA) is 53.1 Å². The van der Waals surface area contributed by atoms with Crippen molar-refractivity contribution in [3.63, 3.8) is 0 Å². The molecule has 3 rings (SSSR count). The van der Waals surface area contributed by atoms with E-state index in [1.165, 1.54) is 38.8 Å². The Morgan fingerprint density at radius 3 is 2.50 bits per heavy atom. The number of anilines is 2.